The predicted molar refractivity (Wildman–Crippen MR) is 153 cm³/mol. The van der Waals surface area contributed by atoms with Crippen LogP contribution in [0.4, 0.5) is 0 Å². The van der Waals surface area contributed by atoms with E-state index in [1.165, 1.54) is 88.2 Å². The standard InChI is InChI=1S/3C8H16.C8H10.CH4/c4*1-7-3-5-8(2)6-4-7;/h3*7-8H,3-6H2,1-2H3;3-6H,1-2H3;1H4. The fourth-order valence-electron chi connectivity index (χ4n) is 4.92. The molecule has 0 atom stereocenters. The maximum absolute atomic E-state index is 2.37. The Bertz CT molecular complexity index is 433. The second kappa shape index (κ2) is 18.5. The van der Waals surface area contributed by atoms with Crippen molar-refractivity contribution in [1.29, 1.82) is 0 Å². The summed E-state index contributed by atoms with van der Waals surface area (Å²) in [6.07, 6.45) is 17.7. The third-order valence-corrected chi connectivity index (χ3v) is 8.13. The fourth-order valence-corrected chi connectivity index (χ4v) is 4.92. The predicted octanol–water partition coefficient (Wildman–Crippen LogP) is 11.4. The van der Waals surface area contributed by atoms with E-state index in [9.17, 15) is 0 Å². The zero-order chi connectivity index (χ0) is 23.9. The first kappa shape index (κ1) is 32.2. The summed E-state index contributed by atoms with van der Waals surface area (Å²) in [7, 11) is 0. The van der Waals surface area contributed by atoms with Gasteiger partial charge < -0.3 is 0 Å². The second-order valence-corrected chi connectivity index (χ2v) is 12.2. The molecule has 3 aliphatic carbocycles. The minimum Gasteiger partial charge on any atom is -0.0776 e. The second-order valence-electron chi connectivity index (χ2n) is 12.2. The minimum absolute atomic E-state index is 0. The maximum atomic E-state index is 2.37. The summed E-state index contributed by atoms with van der Waals surface area (Å²) in [5.41, 5.74) is 2.66. The van der Waals surface area contributed by atoms with E-state index in [0.29, 0.717) is 0 Å². The Balaban J connectivity index is 0.000000410. The Morgan fingerprint density at radius 2 is 0.485 bits per heavy atom. The van der Waals surface area contributed by atoms with E-state index in [2.05, 4.69) is 79.7 Å². The molecule has 0 aromatic heterocycles. The number of hydrogen-bond acceptors (Lipinski definition) is 0. The summed E-state index contributed by atoms with van der Waals surface area (Å²) < 4.78 is 0. The van der Waals surface area contributed by atoms with Gasteiger partial charge in [-0.2, -0.15) is 0 Å². The zero-order valence-corrected chi connectivity index (χ0v) is 23.3. The van der Waals surface area contributed by atoms with Gasteiger partial charge >= 0.3 is 0 Å². The molecular formula is C33H62. The maximum Gasteiger partial charge on any atom is -0.0398 e. The number of hydrogen-bond donors (Lipinski definition) is 0. The Labute approximate surface area is 210 Å². The van der Waals surface area contributed by atoms with Crippen LogP contribution in [0.15, 0.2) is 24.3 Å². The van der Waals surface area contributed by atoms with E-state index in [4.69, 9.17) is 0 Å². The Kier molecular flexibility index (Phi) is 18.1. The van der Waals surface area contributed by atoms with Gasteiger partial charge in [-0.3, -0.25) is 0 Å². The average molecular weight is 459 g/mol. The molecule has 3 fully saturated rings. The zero-order valence-electron chi connectivity index (χ0n) is 23.3. The minimum atomic E-state index is 0. The van der Waals surface area contributed by atoms with Gasteiger partial charge in [-0.15, -0.1) is 0 Å². The Morgan fingerprint density at radius 1 is 0.364 bits per heavy atom. The van der Waals surface area contributed by atoms with Crippen molar-refractivity contribution in [3.05, 3.63) is 35.4 Å². The van der Waals surface area contributed by atoms with Gasteiger partial charge in [0.2, 0.25) is 0 Å². The van der Waals surface area contributed by atoms with Crippen molar-refractivity contribution in [2.75, 3.05) is 0 Å². The third-order valence-electron chi connectivity index (χ3n) is 8.13. The lowest BCUT2D eigenvalue weighted by molar-refractivity contribution is 0.308. The van der Waals surface area contributed by atoms with Crippen molar-refractivity contribution >= 4 is 0 Å². The van der Waals surface area contributed by atoms with Gasteiger partial charge in [-0.05, 0) is 49.4 Å². The summed E-state index contributed by atoms with van der Waals surface area (Å²) in [5.74, 6) is 6.12. The summed E-state index contributed by atoms with van der Waals surface area (Å²) in [6, 6.07) is 8.48. The van der Waals surface area contributed by atoms with E-state index < -0.39 is 0 Å². The van der Waals surface area contributed by atoms with Gasteiger partial charge in [0, 0.05) is 0 Å². The van der Waals surface area contributed by atoms with Gasteiger partial charge in [0.15, 0.2) is 0 Å². The fraction of sp³-hybridized carbons (Fsp3) is 0.818. The highest BCUT2D eigenvalue weighted by Gasteiger charge is 2.14. The molecule has 194 valence electrons. The topological polar surface area (TPSA) is 0 Å². The van der Waals surface area contributed by atoms with E-state index in [-0.39, 0.29) is 7.43 Å². The molecule has 0 amide bonds. The van der Waals surface area contributed by atoms with Crippen molar-refractivity contribution < 1.29 is 0 Å². The molecule has 0 spiro atoms. The molecule has 1 aromatic rings. The van der Waals surface area contributed by atoms with E-state index >= 15 is 0 Å². The normalized spacial score (nSPS) is 31.2. The summed E-state index contributed by atoms with van der Waals surface area (Å²) in [6.45, 7) is 18.4. The lowest BCUT2D eigenvalue weighted by Gasteiger charge is -2.22. The monoisotopic (exact) mass is 458 g/mol. The van der Waals surface area contributed by atoms with E-state index in [1.807, 2.05) is 0 Å². The van der Waals surface area contributed by atoms with Crippen LogP contribution in [-0.2, 0) is 0 Å². The average Bonchev–Trinajstić information content (AvgIpc) is 2.78. The smallest absolute Gasteiger partial charge is 0.0398 e. The molecular weight excluding hydrogens is 396 g/mol. The van der Waals surface area contributed by atoms with Crippen molar-refractivity contribution in [3.63, 3.8) is 0 Å². The molecule has 0 heteroatoms. The molecule has 0 nitrogen and oxygen atoms in total. The molecule has 1 aromatic carbocycles. The molecule has 0 bridgehead atoms. The molecule has 0 unspecified atom stereocenters. The van der Waals surface area contributed by atoms with Gasteiger partial charge in [0.25, 0.3) is 0 Å². The molecule has 4 rings (SSSR count). The summed E-state index contributed by atoms with van der Waals surface area (Å²) >= 11 is 0. The van der Waals surface area contributed by atoms with Crippen LogP contribution in [0.5, 0.6) is 0 Å². The van der Waals surface area contributed by atoms with Crippen LogP contribution < -0.4 is 0 Å². The summed E-state index contributed by atoms with van der Waals surface area (Å²) in [5, 5.41) is 0. The van der Waals surface area contributed by atoms with Crippen molar-refractivity contribution in [2.45, 2.75) is 140 Å². The highest BCUT2D eigenvalue weighted by Crippen LogP contribution is 2.28. The first-order chi connectivity index (χ1) is 15.2. The SMILES string of the molecule is C.CC1CCC(C)CC1.CC1CCC(C)CC1.CC1CCC(C)CC1.Cc1ccc(C)cc1. The molecule has 33 heavy (non-hydrogen) atoms. The van der Waals surface area contributed by atoms with Crippen LogP contribution in [0, 0.1) is 49.4 Å². The van der Waals surface area contributed by atoms with Crippen molar-refractivity contribution in [1.82, 2.24) is 0 Å². The van der Waals surface area contributed by atoms with Crippen molar-refractivity contribution in [3.8, 4) is 0 Å². The first-order valence-corrected chi connectivity index (χ1v) is 14.2. The summed E-state index contributed by atoms with van der Waals surface area (Å²) in [4.78, 5) is 0. The van der Waals surface area contributed by atoms with Crippen molar-refractivity contribution in [2.24, 2.45) is 35.5 Å². The van der Waals surface area contributed by atoms with Gasteiger partial charge in [-0.25, -0.2) is 0 Å². The van der Waals surface area contributed by atoms with Crippen LogP contribution in [0.3, 0.4) is 0 Å². The first-order valence-electron chi connectivity index (χ1n) is 14.2. The van der Waals surface area contributed by atoms with Crippen LogP contribution >= 0.6 is 0 Å². The third kappa shape index (κ3) is 17.3. The molecule has 0 aliphatic heterocycles. The highest BCUT2D eigenvalue weighted by atomic mass is 14.2. The van der Waals surface area contributed by atoms with E-state index in [1.54, 1.807) is 0 Å². The Morgan fingerprint density at radius 3 is 0.606 bits per heavy atom. The van der Waals surface area contributed by atoms with Gasteiger partial charge in [0.05, 0.1) is 0 Å². The number of aryl methyl sites for hydroxylation is 2. The molecule has 3 saturated carbocycles. The van der Waals surface area contributed by atoms with Crippen LogP contribution in [0.25, 0.3) is 0 Å². The quantitative estimate of drug-likeness (QED) is 0.362. The van der Waals surface area contributed by atoms with Crippen LogP contribution in [-0.4, -0.2) is 0 Å². The van der Waals surface area contributed by atoms with Gasteiger partial charge in [-0.1, -0.05) is 161 Å². The lowest BCUT2D eigenvalue weighted by atomic mass is 9.84. The van der Waals surface area contributed by atoms with Crippen LogP contribution in [0.1, 0.15) is 137 Å². The lowest BCUT2D eigenvalue weighted by Crippen LogP contribution is -2.08. The Hall–Kier alpha value is -0.780. The van der Waals surface area contributed by atoms with E-state index in [0.717, 1.165) is 35.5 Å². The number of rotatable bonds is 0. The van der Waals surface area contributed by atoms with Gasteiger partial charge in [0.1, 0.15) is 0 Å². The van der Waals surface area contributed by atoms with Crippen LogP contribution in [0.2, 0.25) is 0 Å². The number of benzene rings is 1. The molecule has 0 saturated heterocycles. The largest absolute Gasteiger partial charge is 0.0776 e. The molecule has 3 aliphatic rings. The molecule has 0 N–H and O–H groups in total. The molecule has 0 radical (unpaired) electrons. The molecule has 0 heterocycles. The highest BCUT2D eigenvalue weighted by molar-refractivity contribution is 5.19.